The molecule has 52 heavy (non-hydrogen) atoms. The number of halogens is 2. The molecule has 4 N–H and O–H groups in total. The molecule has 8 rings (SSSR count). The SMILES string of the molecule is Nc1nc2sc(CN[C@H]3CCCN(C[C@](O)(Cn4cncn4)c4ccc(F)cc4F)C3)cc2n(-c2ccc3c(c2)N(c2ccccc2)CCO3)c1=O. The molecule has 2 atom stereocenters. The van der Waals surface area contributed by atoms with E-state index in [1.54, 1.807) is 4.57 Å². The highest BCUT2D eigenvalue weighted by Gasteiger charge is 2.37. The number of nitrogen functional groups attached to an aromatic ring is 1. The number of para-hydroxylation sites is 1. The van der Waals surface area contributed by atoms with Gasteiger partial charge in [0.1, 0.15) is 47.1 Å². The number of nitrogens with one attached hydrogen (secondary N) is 1. The van der Waals surface area contributed by atoms with Gasteiger partial charge in [0, 0.05) is 47.9 Å². The van der Waals surface area contributed by atoms with Gasteiger partial charge in [0.05, 0.1) is 30.0 Å². The molecule has 0 aliphatic carbocycles. The van der Waals surface area contributed by atoms with Crippen LogP contribution < -0.4 is 26.2 Å². The van der Waals surface area contributed by atoms with Crippen molar-refractivity contribution in [3.05, 3.63) is 118 Å². The monoisotopic (exact) mass is 725 g/mol. The van der Waals surface area contributed by atoms with E-state index < -0.39 is 22.8 Å². The lowest BCUT2D eigenvalue weighted by molar-refractivity contribution is -0.0282. The van der Waals surface area contributed by atoms with Crippen LogP contribution in [-0.2, 0) is 18.7 Å². The molecular weight excluding hydrogens is 689 g/mol. The van der Waals surface area contributed by atoms with Gasteiger partial charge in [-0.2, -0.15) is 5.10 Å². The molecule has 2 aliphatic rings. The number of β-amino-alcohol motifs (C(OH)–C–C–N with tert-alkyl or cyclic N) is 1. The smallest absolute Gasteiger partial charge is 0.298 e. The fourth-order valence-electron chi connectivity index (χ4n) is 7.26. The van der Waals surface area contributed by atoms with Gasteiger partial charge in [0.25, 0.3) is 5.56 Å². The summed E-state index contributed by atoms with van der Waals surface area (Å²) in [7, 11) is 0. The lowest BCUT2D eigenvalue weighted by atomic mass is 9.91. The first-order valence-electron chi connectivity index (χ1n) is 17.1. The highest BCUT2D eigenvalue weighted by atomic mass is 32.1. The Bertz CT molecular complexity index is 2270. The van der Waals surface area contributed by atoms with E-state index in [2.05, 4.69) is 30.2 Å². The molecule has 0 amide bonds. The first kappa shape index (κ1) is 33.9. The number of anilines is 3. The van der Waals surface area contributed by atoms with E-state index in [0.717, 1.165) is 47.0 Å². The lowest BCUT2D eigenvalue weighted by Gasteiger charge is -2.39. The number of nitrogens with two attached hydrogens (primary N) is 1. The Labute approximate surface area is 301 Å². The van der Waals surface area contributed by atoms with Crippen LogP contribution in [-0.4, -0.2) is 73.1 Å². The van der Waals surface area contributed by atoms with E-state index in [0.29, 0.717) is 48.8 Å². The van der Waals surface area contributed by atoms with Crippen LogP contribution in [0.2, 0.25) is 0 Å². The summed E-state index contributed by atoms with van der Waals surface area (Å²) < 4.78 is 37.9. The Balaban J connectivity index is 1.02. The Hall–Kier alpha value is -5.22. The van der Waals surface area contributed by atoms with E-state index in [1.807, 2.05) is 54.6 Å². The van der Waals surface area contributed by atoms with Crippen molar-refractivity contribution in [1.29, 1.82) is 0 Å². The number of ether oxygens (including phenoxy) is 1. The van der Waals surface area contributed by atoms with Crippen LogP contribution in [0.4, 0.5) is 26.0 Å². The third-order valence-corrected chi connectivity index (χ3v) is 10.7. The number of piperidine rings is 1. The molecule has 0 spiro atoms. The first-order chi connectivity index (χ1) is 25.2. The second-order valence-electron chi connectivity index (χ2n) is 13.2. The predicted molar refractivity (Wildman–Crippen MR) is 195 cm³/mol. The molecule has 1 saturated heterocycles. The van der Waals surface area contributed by atoms with E-state index in [4.69, 9.17) is 10.5 Å². The van der Waals surface area contributed by atoms with Crippen LogP contribution in [0, 0.1) is 11.6 Å². The van der Waals surface area contributed by atoms with Crippen molar-refractivity contribution in [2.45, 2.75) is 37.6 Å². The number of likely N-dealkylation sites (tertiary alicyclic amines) is 1. The first-order valence-corrected chi connectivity index (χ1v) is 17.9. The second kappa shape index (κ2) is 14.1. The molecule has 0 bridgehead atoms. The Kier molecular flexibility index (Phi) is 9.17. The number of hydrogen-bond donors (Lipinski definition) is 3. The Morgan fingerprint density at radius 2 is 1.90 bits per heavy atom. The molecule has 6 aromatic rings. The topological polar surface area (TPSA) is 140 Å². The number of fused-ring (bicyclic) bond motifs is 2. The van der Waals surface area contributed by atoms with Crippen molar-refractivity contribution < 1.29 is 18.6 Å². The van der Waals surface area contributed by atoms with E-state index in [1.165, 1.54) is 34.7 Å². The summed E-state index contributed by atoms with van der Waals surface area (Å²) in [6.45, 7) is 3.09. The number of thiophene rings is 1. The van der Waals surface area contributed by atoms with Crippen LogP contribution in [0.25, 0.3) is 16.0 Å². The average molecular weight is 726 g/mol. The number of aromatic nitrogens is 5. The molecule has 3 aromatic heterocycles. The van der Waals surface area contributed by atoms with Gasteiger partial charge in [-0.3, -0.25) is 14.3 Å². The minimum Gasteiger partial charge on any atom is -0.490 e. The second-order valence-corrected chi connectivity index (χ2v) is 14.3. The van der Waals surface area contributed by atoms with Crippen molar-refractivity contribution in [1.82, 2.24) is 34.5 Å². The van der Waals surface area contributed by atoms with Crippen LogP contribution in [0.3, 0.4) is 0 Å². The zero-order valence-corrected chi connectivity index (χ0v) is 29.0. The molecule has 5 heterocycles. The minimum atomic E-state index is -1.69. The van der Waals surface area contributed by atoms with Crippen molar-refractivity contribution in [2.24, 2.45) is 0 Å². The summed E-state index contributed by atoms with van der Waals surface area (Å²) in [4.78, 5) is 27.8. The van der Waals surface area contributed by atoms with E-state index in [9.17, 15) is 14.3 Å². The molecule has 15 heteroatoms. The maximum Gasteiger partial charge on any atom is 0.298 e. The molecular formula is C37H37F2N9O3S. The van der Waals surface area contributed by atoms with Crippen LogP contribution in [0.5, 0.6) is 5.75 Å². The highest BCUT2D eigenvalue weighted by Crippen LogP contribution is 2.39. The summed E-state index contributed by atoms with van der Waals surface area (Å²) in [5.41, 5.74) is 7.31. The molecule has 3 aromatic carbocycles. The lowest BCUT2D eigenvalue weighted by Crippen LogP contribution is -2.51. The van der Waals surface area contributed by atoms with Crippen LogP contribution in [0.15, 0.2) is 90.2 Å². The van der Waals surface area contributed by atoms with Gasteiger partial charge in [0.2, 0.25) is 0 Å². The van der Waals surface area contributed by atoms with Gasteiger partial charge in [-0.1, -0.05) is 24.3 Å². The molecule has 12 nitrogen and oxygen atoms in total. The van der Waals surface area contributed by atoms with E-state index in [-0.39, 0.29) is 30.5 Å². The zero-order valence-electron chi connectivity index (χ0n) is 28.2. The quantitative estimate of drug-likeness (QED) is 0.184. The van der Waals surface area contributed by atoms with Crippen LogP contribution in [0.1, 0.15) is 23.3 Å². The fraction of sp³-hybridized carbons (Fsp3) is 0.297. The summed E-state index contributed by atoms with van der Waals surface area (Å²) in [5.74, 6) is -0.873. The average Bonchev–Trinajstić information content (AvgIpc) is 3.80. The maximum absolute atomic E-state index is 15.0. The van der Waals surface area contributed by atoms with Gasteiger partial charge >= 0.3 is 0 Å². The number of hydrogen-bond acceptors (Lipinski definition) is 11. The summed E-state index contributed by atoms with van der Waals surface area (Å²) >= 11 is 1.47. The highest BCUT2D eigenvalue weighted by molar-refractivity contribution is 7.18. The van der Waals surface area contributed by atoms with Gasteiger partial charge < -0.3 is 25.8 Å². The molecule has 0 unspecified atom stereocenters. The zero-order chi connectivity index (χ0) is 35.8. The standard InChI is InChI=1S/C37H37F2N9O3S/c38-24-8-10-29(30(39)15-24)37(50,21-46-23-41-22-43-46)20-45-12-4-5-25(19-45)42-18-28-17-32-35(52-28)44-34(40)36(49)48(32)27-9-11-33-31(16-27)47(13-14-51-33)26-6-2-1-3-7-26/h1-3,6-11,15-17,22-23,25,42,50H,4-5,12-14,18-21H2,(H2,40,44)/t25-,37-/m0/s1. The molecule has 0 saturated carbocycles. The number of nitrogens with zero attached hydrogens (tertiary/aromatic N) is 7. The van der Waals surface area contributed by atoms with Gasteiger partial charge in [-0.15, -0.1) is 11.3 Å². The third-order valence-electron chi connectivity index (χ3n) is 9.64. The largest absolute Gasteiger partial charge is 0.490 e. The van der Waals surface area contributed by atoms with E-state index >= 15 is 4.39 Å². The summed E-state index contributed by atoms with van der Waals surface area (Å²) in [6.07, 6.45) is 4.56. The molecule has 2 aliphatic heterocycles. The Morgan fingerprint density at radius 3 is 2.71 bits per heavy atom. The molecule has 0 radical (unpaired) electrons. The Morgan fingerprint density at radius 1 is 1.04 bits per heavy atom. The van der Waals surface area contributed by atoms with Gasteiger partial charge in [0.15, 0.2) is 5.82 Å². The van der Waals surface area contributed by atoms with Crippen molar-refractivity contribution in [3.8, 4) is 11.4 Å². The third kappa shape index (κ3) is 6.75. The van der Waals surface area contributed by atoms with Crippen molar-refractivity contribution in [3.63, 3.8) is 0 Å². The molecule has 1 fully saturated rings. The predicted octanol–water partition coefficient (Wildman–Crippen LogP) is 4.57. The summed E-state index contributed by atoms with van der Waals surface area (Å²) in [5, 5.41) is 19.6. The number of aliphatic hydroxyl groups is 1. The summed E-state index contributed by atoms with van der Waals surface area (Å²) in [6, 6.07) is 21.0. The van der Waals surface area contributed by atoms with Gasteiger partial charge in [-0.25, -0.2) is 23.4 Å². The number of benzene rings is 3. The fourth-order valence-corrected chi connectivity index (χ4v) is 8.23. The normalized spacial score (nSPS) is 17.5. The van der Waals surface area contributed by atoms with Crippen molar-refractivity contribution >= 4 is 38.9 Å². The molecule has 268 valence electrons. The van der Waals surface area contributed by atoms with Crippen LogP contribution >= 0.6 is 11.3 Å². The number of rotatable bonds is 10. The minimum absolute atomic E-state index is 0.00167. The van der Waals surface area contributed by atoms with Gasteiger partial charge in [-0.05, 0) is 61.9 Å². The van der Waals surface area contributed by atoms with Crippen molar-refractivity contribution in [2.75, 3.05) is 43.4 Å². The maximum atomic E-state index is 15.0.